The molecule has 64 valence electrons. The van der Waals surface area contributed by atoms with Gasteiger partial charge in [0.05, 0.1) is 5.54 Å². The molecule has 1 saturated carbocycles. The van der Waals surface area contributed by atoms with Gasteiger partial charge in [0.15, 0.2) is 5.82 Å². The van der Waals surface area contributed by atoms with Crippen LogP contribution in [-0.2, 0) is 12.6 Å². The Balaban J connectivity index is 2.04. The van der Waals surface area contributed by atoms with Crippen molar-refractivity contribution in [3.8, 4) is 0 Å². The first-order chi connectivity index (χ1) is 5.80. The van der Waals surface area contributed by atoms with E-state index >= 15 is 0 Å². The summed E-state index contributed by atoms with van der Waals surface area (Å²) in [5, 5.41) is 15.0. The molecule has 0 spiro atoms. The molecule has 3 heterocycles. The summed E-state index contributed by atoms with van der Waals surface area (Å²) in [6, 6.07) is 0. The molecule has 0 radical (unpaired) electrons. The molecule has 1 aromatic heterocycles. The van der Waals surface area contributed by atoms with Crippen molar-refractivity contribution >= 4 is 0 Å². The average Bonchev–Trinajstić information content (AvgIpc) is 2.56. The Morgan fingerprint density at radius 3 is 2.92 bits per heavy atom. The van der Waals surface area contributed by atoms with E-state index in [0.717, 1.165) is 18.3 Å². The van der Waals surface area contributed by atoms with Crippen molar-refractivity contribution in [2.45, 2.75) is 18.4 Å². The highest BCUT2D eigenvalue weighted by Crippen LogP contribution is 2.49. The monoisotopic (exact) mass is 165 g/mol. The Bertz CT molecular complexity index is 306. The van der Waals surface area contributed by atoms with Crippen LogP contribution in [0.4, 0.5) is 0 Å². The van der Waals surface area contributed by atoms with Gasteiger partial charge in [0, 0.05) is 7.05 Å². The van der Waals surface area contributed by atoms with Crippen LogP contribution >= 0.6 is 0 Å². The van der Waals surface area contributed by atoms with Crippen molar-refractivity contribution in [2.75, 3.05) is 6.54 Å². The third kappa shape index (κ3) is 0.605. The zero-order chi connectivity index (χ0) is 8.18. The Morgan fingerprint density at radius 1 is 1.58 bits per heavy atom. The zero-order valence-corrected chi connectivity index (χ0v) is 6.99. The van der Waals surface area contributed by atoms with Gasteiger partial charge in [-0.05, 0) is 35.7 Å². The van der Waals surface area contributed by atoms with Gasteiger partial charge in [-0.15, -0.1) is 5.10 Å². The van der Waals surface area contributed by atoms with E-state index in [1.807, 2.05) is 7.05 Å². The van der Waals surface area contributed by atoms with Gasteiger partial charge in [0.25, 0.3) is 0 Å². The largest absolute Gasteiger partial charge is 0.304 e. The molecule has 0 atom stereocenters. The smallest absolute Gasteiger partial charge is 0.171 e. The number of rotatable bonds is 1. The second-order valence-electron chi connectivity index (χ2n) is 3.86. The second-order valence-corrected chi connectivity index (χ2v) is 3.86. The van der Waals surface area contributed by atoms with Crippen molar-refractivity contribution < 1.29 is 0 Å². The van der Waals surface area contributed by atoms with Crippen molar-refractivity contribution in [3.63, 3.8) is 0 Å². The molecule has 12 heavy (non-hydrogen) atoms. The van der Waals surface area contributed by atoms with Crippen LogP contribution in [-0.4, -0.2) is 26.8 Å². The lowest BCUT2D eigenvalue weighted by molar-refractivity contribution is 0.208. The predicted octanol–water partition coefficient (Wildman–Crippen LogP) is -0.581. The van der Waals surface area contributed by atoms with Gasteiger partial charge in [-0.3, -0.25) is 0 Å². The van der Waals surface area contributed by atoms with E-state index in [0.29, 0.717) is 0 Å². The fourth-order valence-corrected chi connectivity index (χ4v) is 2.45. The average molecular weight is 165 g/mol. The quantitative estimate of drug-likeness (QED) is 0.605. The first-order valence-corrected chi connectivity index (χ1v) is 4.28. The van der Waals surface area contributed by atoms with Gasteiger partial charge >= 0.3 is 0 Å². The van der Waals surface area contributed by atoms with Crippen LogP contribution in [0.15, 0.2) is 0 Å². The third-order valence-corrected chi connectivity index (χ3v) is 3.05. The number of nitrogens with zero attached hydrogens (tertiary/aromatic N) is 4. The van der Waals surface area contributed by atoms with Gasteiger partial charge in [0.1, 0.15) is 0 Å². The topological polar surface area (TPSA) is 55.6 Å². The second kappa shape index (κ2) is 1.85. The van der Waals surface area contributed by atoms with Crippen LogP contribution in [0.1, 0.15) is 18.7 Å². The highest BCUT2D eigenvalue weighted by molar-refractivity contribution is 5.17. The summed E-state index contributed by atoms with van der Waals surface area (Å²) in [6.45, 7) is 1.13. The van der Waals surface area contributed by atoms with Gasteiger partial charge in [-0.2, -0.15) is 0 Å². The van der Waals surface area contributed by atoms with E-state index in [4.69, 9.17) is 0 Å². The van der Waals surface area contributed by atoms with E-state index in [-0.39, 0.29) is 5.54 Å². The lowest BCUT2D eigenvalue weighted by atomic mass is 9.73. The predicted molar refractivity (Wildman–Crippen MR) is 41.2 cm³/mol. The van der Waals surface area contributed by atoms with Crippen LogP contribution < -0.4 is 5.32 Å². The molecule has 2 saturated heterocycles. The lowest BCUT2D eigenvalue weighted by Crippen LogP contribution is -2.42. The highest BCUT2D eigenvalue weighted by atomic mass is 15.5. The Kier molecular flexibility index (Phi) is 1.01. The molecular weight excluding hydrogens is 154 g/mol. The molecule has 0 aromatic carbocycles. The molecule has 1 aromatic rings. The molecule has 0 amide bonds. The van der Waals surface area contributed by atoms with Crippen LogP contribution in [0.2, 0.25) is 0 Å². The Hall–Kier alpha value is -0.970. The van der Waals surface area contributed by atoms with Crippen molar-refractivity contribution in [3.05, 3.63) is 5.82 Å². The van der Waals surface area contributed by atoms with Crippen LogP contribution in [0.25, 0.3) is 0 Å². The summed E-state index contributed by atoms with van der Waals surface area (Å²) in [4.78, 5) is 0. The van der Waals surface area contributed by atoms with Gasteiger partial charge < -0.3 is 5.32 Å². The minimum atomic E-state index is 0.128. The van der Waals surface area contributed by atoms with Gasteiger partial charge in [0.2, 0.25) is 0 Å². The van der Waals surface area contributed by atoms with Crippen molar-refractivity contribution in [2.24, 2.45) is 13.0 Å². The molecule has 2 bridgehead atoms. The highest BCUT2D eigenvalue weighted by Gasteiger charge is 2.54. The fraction of sp³-hybridized carbons (Fsp3) is 0.857. The number of aromatic nitrogens is 4. The Morgan fingerprint density at radius 2 is 2.42 bits per heavy atom. The molecule has 3 fully saturated rings. The summed E-state index contributed by atoms with van der Waals surface area (Å²) in [5.74, 6) is 1.86. The lowest BCUT2D eigenvalue weighted by Gasteiger charge is -2.35. The molecule has 1 aliphatic carbocycles. The molecule has 1 N–H and O–H groups in total. The van der Waals surface area contributed by atoms with Gasteiger partial charge in [-0.25, -0.2) is 4.68 Å². The number of aryl methyl sites for hydroxylation is 1. The normalized spacial score (nSPS) is 38.2. The zero-order valence-electron chi connectivity index (χ0n) is 6.99. The maximum Gasteiger partial charge on any atom is 0.171 e. The molecular formula is C7H11N5. The minimum Gasteiger partial charge on any atom is -0.304 e. The molecule has 4 rings (SSSR count). The van der Waals surface area contributed by atoms with Crippen LogP contribution in [0.3, 0.4) is 0 Å². The third-order valence-electron chi connectivity index (χ3n) is 3.05. The van der Waals surface area contributed by atoms with Crippen LogP contribution in [0.5, 0.6) is 0 Å². The van der Waals surface area contributed by atoms with E-state index < -0.39 is 0 Å². The minimum absolute atomic E-state index is 0.128. The summed E-state index contributed by atoms with van der Waals surface area (Å²) in [5.41, 5.74) is 0.128. The van der Waals surface area contributed by atoms with Gasteiger partial charge in [-0.1, -0.05) is 0 Å². The molecule has 5 nitrogen and oxygen atoms in total. The van der Waals surface area contributed by atoms with Crippen LogP contribution in [0, 0.1) is 5.92 Å². The standard InChI is InChI=1S/C7H11N5/c1-12-6(9-10-11-12)7-2-5(3-7)4-8-7/h5,8H,2-4H2,1H3. The molecule has 0 unspecified atom stereocenters. The SMILES string of the molecule is Cn1nnnc1C12CC(CN1)C2. The number of fused-ring (bicyclic) bond motifs is 1. The summed E-state index contributed by atoms with van der Waals surface area (Å²) >= 11 is 0. The van der Waals surface area contributed by atoms with Crippen molar-refractivity contribution in [1.82, 2.24) is 25.5 Å². The number of hydrogen-bond donors (Lipinski definition) is 1. The molecule has 3 aliphatic rings. The van der Waals surface area contributed by atoms with E-state index in [1.54, 1.807) is 4.68 Å². The number of hydrogen-bond acceptors (Lipinski definition) is 4. The fourth-order valence-electron chi connectivity index (χ4n) is 2.45. The first kappa shape index (κ1) is 6.54. The van der Waals surface area contributed by atoms with E-state index in [2.05, 4.69) is 20.8 Å². The van der Waals surface area contributed by atoms with E-state index in [9.17, 15) is 0 Å². The number of nitrogens with one attached hydrogen (secondary N) is 1. The summed E-state index contributed by atoms with van der Waals surface area (Å²) < 4.78 is 1.77. The summed E-state index contributed by atoms with van der Waals surface area (Å²) in [6.07, 6.45) is 2.42. The first-order valence-electron chi connectivity index (χ1n) is 4.28. The molecule has 2 aliphatic heterocycles. The Labute approximate surface area is 70.1 Å². The number of tetrazole rings is 1. The summed E-state index contributed by atoms with van der Waals surface area (Å²) in [7, 11) is 1.90. The van der Waals surface area contributed by atoms with E-state index in [1.165, 1.54) is 12.8 Å². The molecule has 5 heteroatoms. The maximum atomic E-state index is 4.05. The maximum absolute atomic E-state index is 4.05. The van der Waals surface area contributed by atoms with Crippen molar-refractivity contribution in [1.29, 1.82) is 0 Å².